The summed E-state index contributed by atoms with van der Waals surface area (Å²) < 4.78 is 15.2. The quantitative estimate of drug-likeness (QED) is 0.519. The van der Waals surface area contributed by atoms with Gasteiger partial charge in [-0.25, -0.2) is 4.39 Å². The minimum absolute atomic E-state index is 0.0858. The zero-order chi connectivity index (χ0) is 8.43. The lowest BCUT2D eigenvalue weighted by Gasteiger charge is -2.04. The van der Waals surface area contributed by atoms with Gasteiger partial charge in [0.2, 0.25) is 0 Å². The molecule has 0 atom stereocenters. The van der Waals surface area contributed by atoms with Crippen molar-refractivity contribution in [1.82, 2.24) is 0 Å². The van der Waals surface area contributed by atoms with Gasteiger partial charge in [0.25, 0.3) is 0 Å². The molecule has 0 aliphatic heterocycles. The Bertz CT molecular complexity index is 271. The lowest BCUT2D eigenvalue weighted by molar-refractivity contribution is 0.610. The van der Waals surface area contributed by atoms with Crippen LogP contribution in [0.3, 0.4) is 0 Å². The van der Waals surface area contributed by atoms with Gasteiger partial charge in [-0.3, -0.25) is 0 Å². The van der Waals surface area contributed by atoms with E-state index in [1.165, 1.54) is 6.07 Å². The third-order valence-corrected chi connectivity index (χ3v) is 4.66. The highest BCUT2D eigenvalue weighted by molar-refractivity contribution is 14.1. The predicted molar refractivity (Wildman–Crippen MR) is 61.2 cm³/mol. The highest BCUT2D eigenvalue weighted by Crippen LogP contribution is 2.22. The van der Waals surface area contributed by atoms with Crippen LogP contribution in [-0.4, -0.2) is 0 Å². The van der Waals surface area contributed by atoms with Crippen molar-refractivity contribution in [1.29, 1.82) is 0 Å². The van der Waals surface area contributed by atoms with Crippen molar-refractivity contribution in [2.75, 3.05) is 0 Å². The molecule has 0 aliphatic rings. The molecule has 0 spiro atoms. The van der Waals surface area contributed by atoms with Crippen molar-refractivity contribution in [3.8, 4) is 0 Å². The van der Waals surface area contributed by atoms with Crippen LogP contribution in [0.15, 0.2) is 12.1 Å². The van der Waals surface area contributed by atoms with Crippen LogP contribution < -0.4 is 0 Å². The van der Waals surface area contributed by atoms with Crippen molar-refractivity contribution >= 4 is 45.2 Å². The second kappa shape index (κ2) is 4.02. The Balaban J connectivity index is 3.29. The van der Waals surface area contributed by atoms with E-state index in [-0.39, 0.29) is 5.82 Å². The molecule has 0 bridgehead atoms. The minimum Gasteiger partial charge on any atom is -0.207 e. The molecule has 0 heterocycles. The van der Waals surface area contributed by atoms with E-state index in [2.05, 4.69) is 45.2 Å². The van der Waals surface area contributed by atoms with E-state index in [1.54, 1.807) is 6.07 Å². The van der Waals surface area contributed by atoms with Gasteiger partial charge in [0.15, 0.2) is 0 Å². The number of rotatable bonds is 1. The van der Waals surface area contributed by atoms with E-state index >= 15 is 0 Å². The normalized spacial score (nSPS) is 10.2. The van der Waals surface area contributed by atoms with Crippen LogP contribution in [0.2, 0.25) is 0 Å². The van der Waals surface area contributed by atoms with Crippen molar-refractivity contribution in [3.05, 3.63) is 30.7 Å². The van der Waals surface area contributed by atoms with Crippen LogP contribution in [0.25, 0.3) is 0 Å². The van der Waals surface area contributed by atoms with Crippen LogP contribution in [0, 0.1) is 13.0 Å². The standard InChI is InChI=1S/C8H7FI2/c1-2-5-6(9)3-4-7(10)8(5)11/h3-4H,2H2,1H3. The highest BCUT2D eigenvalue weighted by Gasteiger charge is 2.06. The maximum absolute atomic E-state index is 13.0. The molecular weight excluding hydrogens is 369 g/mol. The Morgan fingerprint density at radius 1 is 1.36 bits per heavy atom. The Hall–Kier alpha value is 0.610. The van der Waals surface area contributed by atoms with Gasteiger partial charge in [0, 0.05) is 12.7 Å². The fourth-order valence-corrected chi connectivity index (χ4v) is 2.22. The SMILES string of the molecule is CCc1c(F)ccc(I)c1I. The lowest BCUT2D eigenvalue weighted by Crippen LogP contribution is -1.94. The number of hydrogen-bond donors (Lipinski definition) is 0. The molecule has 0 fully saturated rings. The van der Waals surface area contributed by atoms with Crippen molar-refractivity contribution < 1.29 is 4.39 Å². The Morgan fingerprint density at radius 3 is 2.45 bits per heavy atom. The summed E-state index contributed by atoms with van der Waals surface area (Å²) in [5.41, 5.74) is 0.831. The minimum atomic E-state index is -0.0858. The van der Waals surface area contributed by atoms with Gasteiger partial charge >= 0.3 is 0 Å². The van der Waals surface area contributed by atoms with E-state index in [0.717, 1.165) is 19.1 Å². The Kier molecular flexibility index (Phi) is 3.54. The third kappa shape index (κ3) is 2.05. The van der Waals surface area contributed by atoms with Gasteiger partial charge in [0.05, 0.1) is 0 Å². The summed E-state index contributed by atoms with van der Waals surface area (Å²) in [5.74, 6) is -0.0858. The molecule has 60 valence electrons. The smallest absolute Gasteiger partial charge is 0.127 e. The van der Waals surface area contributed by atoms with Crippen LogP contribution in [0.5, 0.6) is 0 Å². The number of benzene rings is 1. The Labute approximate surface area is 92.9 Å². The van der Waals surface area contributed by atoms with Gasteiger partial charge in [-0.2, -0.15) is 0 Å². The van der Waals surface area contributed by atoms with Crippen LogP contribution in [-0.2, 0) is 6.42 Å². The average Bonchev–Trinajstić information content (AvgIpc) is 1.99. The number of hydrogen-bond acceptors (Lipinski definition) is 0. The Morgan fingerprint density at radius 2 is 2.00 bits per heavy atom. The molecule has 3 heteroatoms. The fourth-order valence-electron chi connectivity index (χ4n) is 0.893. The molecule has 11 heavy (non-hydrogen) atoms. The first-order valence-corrected chi connectivity index (χ1v) is 5.45. The third-order valence-electron chi connectivity index (χ3n) is 1.49. The van der Waals surface area contributed by atoms with Crippen LogP contribution >= 0.6 is 45.2 Å². The zero-order valence-corrected chi connectivity index (χ0v) is 10.3. The van der Waals surface area contributed by atoms with Gasteiger partial charge in [0.1, 0.15) is 5.82 Å². The summed E-state index contributed by atoms with van der Waals surface area (Å²) in [6, 6.07) is 3.33. The summed E-state index contributed by atoms with van der Waals surface area (Å²) in [6.07, 6.45) is 0.765. The highest BCUT2D eigenvalue weighted by atomic mass is 127. The first-order chi connectivity index (χ1) is 5.16. The van der Waals surface area contributed by atoms with E-state index < -0.39 is 0 Å². The number of halogens is 3. The second-order valence-electron chi connectivity index (χ2n) is 2.18. The average molecular weight is 376 g/mol. The summed E-state index contributed by atoms with van der Waals surface area (Å²) in [4.78, 5) is 0. The summed E-state index contributed by atoms with van der Waals surface area (Å²) >= 11 is 4.40. The summed E-state index contributed by atoms with van der Waals surface area (Å²) in [6.45, 7) is 1.97. The second-order valence-corrected chi connectivity index (χ2v) is 4.42. The van der Waals surface area contributed by atoms with E-state index in [4.69, 9.17) is 0 Å². The molecule has 1 rings (SSSR count). The molecule has 0 nitrogen and oxygen atoms in total. The lowest BCUT2D eigenvalue weighted by atomic mass is 10.2. The van der Waals surface area contributed by atoms with Gasteiger partial charge < -0.3 is 0 Å². The van der Waals surface area contributed by atoms with Gasteiger partial charge in [-0.1, -0.05) is 6.92 Å². The maximum Gasteiger partial charge on any atom is 0.127 e. The molecule has 0 saturated carbocycles. The van der Waals surface area contributed by atoms with Gasteiger partial charge in [-0.05, 0) is 63.7 Å². The predicted octanol–water partition coefficient (Wildman–Crippen LogP) is 3.60. The molecular formula is C8H7FI2. The largest absolute Gasteiger partial charge is 0.207 e. The van der Waals surface area contributed by atoms with Crippen molar-refractivity contribution in [2.45, 2.75) is 13.3 Å². The molecule has 0 N–H and O–H groups in total. The molecule has 0 aliphatic carbocycles. The van der Waals surface area contributed by atoms with Crippen molar-refractivity contribution in [2.24, 2.45) is 0 Å². The maximum atomic E-state index is 13.0. The van der Waals surface area contributed by atoms with E-state index in [0.29, 0.717) is 0 Å². The topological polar surface area (TPSA) is 0 Å². The molecule has 0 unspecified atom stereocenters. The zero-order valence-electron chi connectivity index (χ0n) is 6.00. The molecule has 0 radical (unpaired) electrons. The molecule has 0 aromatic heterocycles. The van der Waals surface area contributed by atoms with Crippen molar-refractivity contribution in [3.63, 3.8) is 0 Å². The first-order valence-electron chi connectivity index (χ1n) is 3.29. The first kappa shape index (κ1) is 9.70. The van der Waals surface area contributed by atoms with E-state index in [9.17, 15) is 4.39 Å². The van der Waals surface area contributed by atoms with Crippen LogP contribution in [0.4, 0.5) is 4.39 Å². The molecule has 1 aromatic carbocycles. The molecule has 0 saturated heterocycles. The molecule has 1 aromatic rings. The summed E-state index contributed by atoms with van der Waals surface area (Å²) in [5, 5.41) is 0. The van der Waals surface area contributed by atoms with E-state index in [1.807, 2.05) is 6.92 Å². The van der Waals surface area contributed by atoms with Crippen LogP contribution in [0.1, 0.15) is 12.5 Å². The monoisotopic (exact) mass is 376 g/mol. The van der Waals surface area contributed by atoms with Gasteiger partial charge in [-0.15, -0.1) is 0 Å². The fraction of sp³-hybridized carbons (Fsp3) is 0.250. The summed E-state index contributed by atoms with van der Waals surface area (Å²) in [7, 11) is 0. The molecule has 0 amide bonds.